The molecule has 1 aromatic carbocycles. The number of nitrogens with one attached hydrogen (secondary N) is 2. The Morgan fingerprint density at radius 3 is 2.38 bits per heavy atom. The van der Waals surface area contributed by atoms with E-state index in [4.69, 9.17) is 0 Å². The minimum Gasteiger partial charge on any atom is -0.388 e. The van der Waals surface area contributed by atoms with Crippen LogP contribution in [0, 0.1) is 6.92 Å². The molecule has 176 valence electrons. The van der Waals surface area contributed by atoms with Gasteiger partial charge in [-0.3, -0.25) is 4.79 Å². The number of hydrogen-bond donors (Lipinski definition) is 3. The van der Waals surface area contributed by atoms with Crippen LogP contribution in [0.4, 0.5) is 18.9 Å². The van der Waals surface area contributed by atoms with E-state index in [0.29, 0.717) is 29.4 Å². The molecule has 1 aliphatic carbocycles. The van der Waals surface area contributed by atoms with Gasteiger partial charge in [-0.15, -0.1) is 0 Å². The van der Waals surface area contributed by atoms with Crippen molar-refractivity contribution in [2.45, 2.75) is 77.0 Å². The van der Waals surface area contributed by atoms with Gasteiger partial charge in [0.05, 0.1) is 11.1 Å². The Bertz CT molecular complexity index is 991. The maximum absolute atomic E-state index is 12.8. The summed E-state index contributed by atoms with van der Waals surface area (Å²) in [4.78, 5) is 17.4. The van der Waals surface area contributed by atoms with Crippen molar-refractivity contribution in [3.8, 4) is 0 Å². The summed E-state index contributed by atoms with van der Waals surface area (Å²) in [7, 11) is 0. The first-order valence-electron chi connectivity index (χ1n) is 11.0. The Kier molecular flexibility index (Phi) is 6.75. The Labute approximate surface area is 186 Å². The van der Waals surface area contributed by atoms with Crippen molar-refractivity contribution in [2.24, 2.45) is 0 Å². The van der Waals surface area contributed by atoms with Crippen LogP contribution in [0.3, 0.4) is 0 Å². The molecule has 1 aliphatic rings. The third-order valence-corrected chi connectivity index (χ3v) is 6.02. The van der Waals surface area contributed by atoms with Gasteiger partial charge < -0.3 is 15.7 Å². The van der Waals surface area contributed by atoms with E-state index in [1.165, 1.54) is 0 Å². The fourth-order valence-corrected chi connectivity index (χ4v) is 4.21. The summed E-state index contributed by atoms with van der Waals surface area (Å²) >= 11 is 0. The Hall–Kier alpha value is -2.35. The first-order valence-corrected chi connectivity index (χ1v) is 11.0. The second kappa shape index (κ2) is 8.89. The summed E-state index contributed by atoms with van der Waals surface area (Å²) in [5.41, 5.74) is 1.41. The first kappa shape index (κ1) is 24.3. The highest BCUT2D eigenvalue weighted by Crippen LogP contribution is 2.34. The molecule has 0 spiro atoms. The minimum absolute atomic E-state index is 0.178. The van der Waals surface area contributed by atoms with Crippen LogP contribution >= 0.6 is 0 Å². The lowest BCUT2D eigenvalue weighted by atomic mass is 9.84. The van der Waals surface area contributed by atoms with Gasteiger partial charge in [-0.05, 0) is 54.5 Å². The maximum atomic E-state index is 12.8. The Morgan fingerprint density at radius 2 is 1.78 bits per heavy atom. The fraction of sp³-hybridized carbons (Fsp3) is 0.583. The van der Waals surface area contributed by atoms with Crippen LogP contribution in [0.1, 0.15) is 74.5 Å². The van der Waals surface area contributed by atoms with Gasteiger partial charge in [-0.25, -0.2) is 4.98 Å². The van der Waals surface area contributed by atoms with Gasteiger partial charge in [-0.1, -0.05) is 40.0 Å². The second-order valence-electron chi connectivity index (χ2n) is 9.93. The first-order chi connectivity index (χ1) is 14.8. The number of amides is 1. The average Bonchev–Trinajstić information content (AvgIpc) is 2.69. The Morgan fingerprint density at radius 1 is 1.12 bits per heavy atom. The number of halogens is 3. The van der Waals surface area contributed by atoms with Gasteiger partial charge >= 0.3 is 6.18 Å². The van der Waals surface area contributed by atoms with E-state index < -0.39 is 23.7 Å². The topological polar surface area (TPSA) is 74.2 Å². The van der Waals surface area contributed by atoms with E-state index in [1.54, 1.807) is 18.2 Å². The zero-order chi connectivity index (χ0) is 23.7. The van der Waals surface area contributed by atoms with Gasteiger partial charge in [0.25, 0.3) is 5.91 Å². The highest BCUT2D eigenvalue weighted by molar-refractivity contribution is 5.97. The normalized spacial score (nSPS) is 16.8. The SMILES string of the molecule is Cc1cc(C(=O)NCC2(O)CCCCC2)nc2c(C(C)(C)C)cc(NCC(F)(F)F)cc12. The third kappa shape index (κ3) is 5.91. The monoisotopic (exact) mass is 451 g/mol. The summed E-state index contributed by atoms with van der Waals surface area (Å²) in [5, 5.41) is 16.6. The van der Waals surface area contributed by atoms with Crippen LogP contribution in [0.25, 0.3) is 10.9 Å². The van der Waals surface area contributed by atoms with E-state index in [1.807, 2.05) is 27.7 Å². The van der Waals surface area contributed by atoms with Crippen molar-refractivity contribution in [2.75, 3.05) is 18.4 Å². The van der Waals surface area contributed by atoms with E-state index in [9.17, 15) is 23.1 Å². The number of aryl methyl sites for hydroxylation is 1. The summed E-state index contributed by atoms with van der Waals surface area (Å²) in [6, 6.07) is 4.96. The van der Waals surface area contributed by atoms with E-state index >= 15 is 0 Å². The fourth-order valence-electron chi connectivity index (χ4n) is 4.21. The third-order valence-electron chi connectivity index (χ3n) is 6.02. The van der Waals surface area contributed by atoms with Crippen LogP contribution in [-0.2, 0) is 5.41 Å². The Balaban J connectivity index is 1.93. The summed E-state index contributed by atoms with van der Waals surface area (Å²) in [6.45, 7) is 6.73. The smallest absolute Gasteiger partial charge is 0.388 e. The summed E-state index contributed by atoms with van der Waals surface area (Å²) in [5.74, 6) is -0.367. The van der Waals surface area contributed by atoms with Crippen molar-refractivity contribution in [1.29, 1.82) is 0 Å². The molecule has 3 N–H and O–H groups in total. The molecule has 1 amide bonds. The number of carbonyl (C=O) groups is 1. The van der Waals surface area contributed by atoms with Gasteiger partial charge in [0, 0.05) is 17.6 Å². The van der Waals surface area contributed by atoms with Crippen LogP contribution in [0.5, 0.6) is 0 Å². The molecule has 0 unspecified atom stereocenters. The van der Waals surface area contributed by atoms with E-state index in [-0.39, 0.29) is 18.1 Å². The average molecular weight is 452 g/mol. The molecule has 32 heavy (non-hydrogen) atoms. The van der Waals surface area contributed by atoms with Gasteiger partial charge in [-0.2, -0.15) is 13.2 Å². The molecule has 0 radical (unpaired) electrons. The molecule has 1 saturated carbocycles. The second-order valence-corrected chi connectivity index (χ2v) is 9.93. The van der Waals surface area contributed by atoms with Gasteiger partial charge in [0.1, 0.15) is 12.2 Å². The standard InChI is InChI=1S/C24H32F3N3O2/c1-15-10-19(21(31)29-13-23(32)8-6-5-7-9-23)30-20-17(15)11-16(28-14-24(25,26)27)12-18(20)22(2,3)4/h10-12,28,32H,5-9,13-14H2,1-4H3,(H,29,31). The number of anilines is 1. The number of hydrogen-bond acceptors (Lipinski definition) is 4. The van der Waals surface area contributed by atoms with Crippen LogP contribution in [0.2, 0.25) is 0 Å². The zero-order valence-electron chi connectivity index (χ0n) is 19.1. The number of aromatic nitrogens is 1. The number of pyridine rings is 1. The van der Waals surface area contributed by atoms with Crippen molar-refractivity contribution in [3.63, 3.8) is 0 Å². The number of fused-ring (bicyclic) bond motifs is 1. The number of nitrogens with zero attached hydrogens (tertiary/aromatic N) is 1. The number of carbonyl (C=O) groups excluding carboxylic acids is 1. The number of aliphatic hydroxyl groups is 1. The van der Waals surface area contributed by atoms with Gasteiger partial charge in [0.2, 0.25) is 0 Å². The predicted molar refractivity (Wildman–Crippen MR) is 120 cm³/mol. The highest BCUT2D eigenvalue weighted by atomic mass is 19.4. The van der Waals surface area contributed by atoms with Crippen LogP contribution in [-0.4, -0.2) is 40.9 Å². The summed E-state index contributed by atoms with van der Waals surface area (Å²) < 4.78 is 38.1. The molecule has 1 aromatic heterocycles. The van der Waals surface area contributed by atoms with Crippen LogP contribution < -0.4 is 10.6 Å². The van der Waals surface area contributed by atoms with Crippen molar-refractivity contribution >= 4 is 22.5 Å². The molecule has 1 heterocycles. The number of benzene rings is 1. The minimum atomic E-state index is -4.32. The highest BCUT2D eigenvalue weighted by Gasteiger charge is 2.30. The molecule has 5 nitrogen and oxygen atoms in total. The molecule has 0 bridgehead atoms. The van der Waals surface area contributed by atoms with Gasteiger partial charge in [0.15, 0.2) is 0 Å². The molecular weight excluding hydrogens is 419 g/mol. The van der Waals surface area contributed by atoms with Crippen molar-refractivity contribution < 1.29 is 23.1 Å². The zero-order valence-corrected chi connectivity index (χ0v) is 19.1. The van der Waals surface area contributed by atoms with Crippen molar-refractivity contribution in [3.05, 3.63) is 35.0 Å². The molecule has 8 heteroatoms. The summed E-state index contributed by atoms with van der Waals surface area (Å²) in [6.07, 6.45) is -0.0110. The van der Waals surface area contributed by atoms with E-state index in [0.717, 1.165) is 30.4 Å². The molecule has 0 atom stereocenters. The molecule has 3 rings (SSSR count). The largest absolute Gasteiger partial charge is 0.405 e. The molecule has 1 fully saturated rings. The maximum Gasteiger partial charge on any atom is 0.405 e. The molecule has 0 aliphatic heterocycles. The molecular formula is C24H32F3N3O2. The molecule has 2 aromatic rings. The van der Waals surface area contributed by atoms with Crippen LogP contribution in [0.15, 0.2) is 18.2 Å². The lowest BCUT2D eigenvalue weighted by Crippen LogP contribution is -2.44. The lowest BCUT2D eigenvalue weighted by molar-refractivity contribution is -0.115. The lowest BCUT2D eigenvalue weighted by Gasteiger charge is -2.32. The number of alkyl halides is 3. The number of rotatable bonds is 5. The predicted octanol–water partition coefficient (Wildman–Crippen LogP) is 5.24. The molecule has 0 saturated heterocycles. The van der Waals surface area contributed by atoms with E-state index in [2.05, 4.69) is 15.6 Å². The van der Waals surface area contributed by atoms with Crippen molar-refractivity contribution in [1.82, 2.24) is 10.3 Å². The quantitative estimate of drug-likeness (QED) is 0.581.